The number of carboxylic acid groups (broad SMARTS) is 1. The molecule has 1 saturated heterocycles. The Morgan fingerprint density at radius 3 is 2.38 bits per heavy atom. The molecule has 1 aliphatic rings. The largest absolute Gasteiger partial charge is 0.479 e. The van der Waals surface area contributed by atoms with E-state index in [4.69, 9.17) is 9.84 Å². The van der Waals surface area contributed by atoms with Gasteiger partial charge in [0.05, 0.1) is 0 Å². The summed E-state index contributed by atoms with van der Waals surface area (Å²) >= 11 is 0. The van der Waals surface area contributed by atoms with Gasteiger partial charge in [-0.2, -0.15) is 0 Å². The molecule has 1 aromatic carbocycles. The van der Waals surface area contributed by atoms with Crippen LogP contribution in [0.1, 0.15) is 29.5 Å². The highest BCUT2D eigenvalue weighted by atomic mass is 19.1. The van der Waals surface area contributed by atoms with Gasteiger partial charge in [0.15, 0.2) is 6.10 Å². The minimum Gasteiger partial charge on any atom is -0.479 e. The molecule has 2 rings (SSSR count). The van der Waals surface area contributed by atoms with E-state index in [1.807, 2.05) is 0 Å². The molecule has 0 unspecified atom stereocenters. The molecule has 0 aromatic heterocycles. The van der Waals surface area contributed by atoms with Crippen LogP contribution in [-0.2, 0) is 20.9 Å². The third-order valence-electron chi connectivity index (χ3n) is 3.55. The van der Waals surface area contributed by atoms with Gasteiger partial charge in [0.2, 0.25) is 5.91 Å². The van der Waals surface area contributed by atoms with E-state index < -0.39 is 18.2 Å². The molecular weight excluding hydrogens is 277 g/mol. The van der Waals surface area contributed by atoms with Crippen molar-refractivity contribution in [3.63, 3.8) is 0 Å². The number of nitrogens with one attached hydrogen (secondary N) is 1. The molecule has 0 bridgehead atoms. The number of benzene rings is 1. The fourth-order valence-corrected chi connectivity index (χ4v) is 2.45. The van der Waals surface area contributed by atoms with Gasteiger partial charge in [-0.05, 0) is 43.4 Å². The number of carboxylic acids is 1. The van der Waals surface area contributed by atoms with E-state index in [1.54, 1.807) is 26.0 Å². The maximum absolute atomic E-state index is 13.5. The highest BCUT2D eigenvalue weighted by molar-refractivity contribution is 5.82. The van der Waals surface area contributed by atoms with Crippen molar-refractivity contribution in [3.8, 4) is 0 Å². The monoisotopic (exact) mass is 295 g/mol. The first-order valence-electron chi connectivity index (χ1n) is 6.80. The van der Waals surface area contributed by atoms with E-state index in [0.717, 1.165) is 5.56 Å². The molecule has 2 atom stereocenters. The van der Waals surface area contributed by atoms with Gasteiger partial charge in [0.1, 0.15) is 11.9 Å². The average Bonchev–Trinajstić information content (AvgIpc) is 2.92. The van der Waals surface area contributed by atoms with E-state index in [-0.39, 0.29) is 18.3 Å². The van der Waals surface area contributed by atoms with Gasteiger partial charge >= 0.3 is 5.97 Å². The number of amides is 1. The number of halogens is 1. The smallest absolute Gasteiger partial charge is 0.332 e. The maximum atomic E-state index is 13.5. The predicted octanol–water partition coefficient (Wildman–Crippen LogP) is 1.69. The lowest BCUT2D eigenvalue weighted by molar-refractivity contribution is -0.151. The fraction of sp³-hybridized carbons (Fsp3) is 0.467. The van der Waals surface area contributed by atoms with Gasteiger partial charge in [-0.25, -0.2) is 9.18 Å². The molecule has 2 N–H and O–H groups in total. The van der Waals surface area contributed by atoms with Gasteiger partial charge in [0, 0.05) is 6.54 Å². The predicted molar refractivity (Wildman–Crippen MR) is 73.3 cm³/mol. The van der Waals surface area contributed by atoms with E-state index >= 15 is 0 Å². The van der Waals surface area contributed by atoms with Crippen LogP contribution in [0.5, 0.6) is 0 Å². The minimum atomic E-state index is -1.05. The quantitative estimate of drug-likeness (QED) is 0.886. The van der Waals surface area contributed by atoms with Gasteiger partial charge in [0.25, 0.3) is 0 Å². The zero-order valence-electron chi connectivity index (χ0n) is 12.0. The van der Waals surface area contributed by atoms with Crippen molar-refractivity contribution < 1.29 is 23.8 Å². The standard InChI is InChI=1S/C15H18FNO4/c1-8-5-10(6-9(2)13(8)16)7-17-14(18)11-3-4-12(21-11)15(19)20/h5-6,11-12H,3-4,7H2,1-2H3,(H,17,18)(H,19,20)/t11-,12+/m0/s1. The minimum absolute atomic E-state index is 0.242. The van der Waals surface area contributed by atoms with Crippen LogP contribution in [0.25, 0.3) is 0 Å². The number of ether oxygens (including phenoxy) is 1. The van der Waals surface area contributed by atoms with Crippen LogP contribution in [0.4, 0.5) is 4.39 Å². The third-order valence-corrected chi connectivity index (χ3v) is 3.55. The number of aliphatic carboxylic acids is 1. The number of hydrogen-bond donors (Lipinski definition) is 2. The summed E-state index contributed by atoms with van der Waals surface area (Å²) in [6.45, 7) is 3.61. The van der Waals surface area contributed by atoms with Crippen molar-refractivity contribution in [2.24, 2.45) is 0 Å². The maximum Gasteiger partial charge on any atom is 0.332 e. The molecule has 1 amide bonds. The Labute approximate surface area is 122 Å². The van der Waals surface area contributed by atoms with Crippen molar-refractivity contribution in [2.45, 2.75) is 45.4 Å². The number of carbonyl (C=O) groups is 2. The molecule has 1 aliphatic heterocycles. The van der Waals surface area contributed by atoms with Gasteiger partial charge in [-0.3, -0.25) is 4.79 Å². The summed E-state index contributed by atoms with van der Waals surface area (Å²) in [5.41, 5.74) is 1.86. The summed E-state index contributed by atoms with van der Waals surface area (Å²) in [5.74, 6) is -1.62. The third kappa shape index (κ3) is 3.58. The number of aryl methyl sites for hydroxylation is 2. The number of rotatable bonds is 4. The van der Waals surface area contributed by atoms with E-state index in [9.17, 15) is 14.0 Å². The molecule has 1 fully saturated rings. The second kappa shape index (κ2) is 6.22. The molecule has 21 heavy (non-hydrogen) atoms. The number of carbonyl (C=O) groups excluding carboxylic acids is 1. The first-order chi connectivity index (χ1) is 9.88. The van der Waals surface area contributed by atoms with Crippen LogP contribution >= 0.6 is 0 Å². The Morgan fingerprint density at radius 2 is 1.86 bits per heavy atom. The van der Waals surface area contributed by atoms with Crippen molar-refractivity contribution in [3.05, 3.63) is 34.6 Å². The second-order valence-electron chi connectivity index (χ2n) is 5.29. The van der Waals surface area contributed by atoms with Crippen molar-refractivity contribution >= 4 is 11.9 Å². The lowest BCUT2D eigenvalue weighted by Crippen LogP contribution is -2.35. The SMILES string of the molecule is Cc1cc(CNC(=O)[C@@H]2CC[C@H](C(=O)O)O2)cc(C)c1F. The van der Waals surface area contributed by atoms with Gasteiger partial charge in [-0.1, -0.05) is 12.1 Å². The van der Waals surface area contributed by atoms with Crippen LogP contribution in [0.3, 0.4) is 0 Å². The fourth-order valence-electron chi connectivity index (χ4n) is 2.45. The summed E-state index contributed by atoms with van der Waals surface area (Å²) < 4.78 is 18.7. The Hall–Kier alpha value is -1.95. The molecule has 114 valence electrons. The van der Waals surface area contributed by atoms with Crippen molar-refractivity contribution in [2.75, 3.05) is 0 Å². The molecule has 0 aliphatic carbocycles. The summed E-state index contributed by atoms with van der Waals surface area (Å²) in [5, 5.41) is 11.5. The Bertz CT molecular complexity index is 550. The first kappa shape index (κ1) is 15.4. The van der Waals surface area contributed by atoms with Crippen LogP contribution in [0, 0.1) is 19.7 Å². The van der Waals surface area contributed by atoms with E-state index in [0.29, 0.717) is 24.0 Å². The second-order valence-corrected chi connectivity index (χ2v) is 5.29. The highest BCUT2D eigenvalue weighted by Gasteiger charge is 2.34. The summed E-state index contributed by atoms with van der Waals surface area (Å²) in [6.07, 6.45) is -0.906. The summed E-state index contributed by atoms with van der Waals surface area (Å²) in [7, 11) is 0. The van der Waals surface area contributed by atoms with Crippen LogP contribution in [0.15, 0.2) is 12.1 Å². The van der Waals surface area contributed by atoms with Gasteiger partial charge < -0.3 is 15.2 Å². The summed E-state index contributed by atoms with van der Waals surface area (Å²) in [4.78, 5) is 22.7. The first-order valence-corrected chi connectivity index (χ1v) is 6.80. The zero-order valence-corrected chi connectivity index (χ0v) is 12.0. The Kier molecular flexibility index (Phi) is 4.57. The molecule has 1 heterocycles. The molecule has 5 nitrogen and oxygen atoms in total. The van der Waals surface area contributed by atoms with Crippen LogP contribution in [0.2, 0.25) is 0 Å². The van der Waals surface area contributed by atoms with Crippen molar-refractivity contribution in [1.82, 2.24) is 5.32 Å². The molecule has 1 aromatic rings. The Morgan fingerprint density at radius 1 is 1.29 bits per heavy atom. The van der Waals surface area contributed by atoms with Crippen LogP contribution < -0.4 is 5.32 Å². The molecule has 6 heteroatoms. The lowest BCUT2D eigenvalue weighted by atomic mass is 10.1. The highest BCUT2D eigenvalue weighted by Crippen LogP contribution is 2.20. The average molecular weight is 295 g/mol. The normalized spacial score (nSPS) is 21.3. The summed E-state index contributed by atoms with van der Waals surface area (Å²) in [6, 6.07) is 3.36. The topological polar surface area (TPSA) is 75.6 Å². The zero-order chi connectivity index (χ0) is 15.6. The molecule has 0 radical (unpaired) electrons. The molecular formula is C15H18FNO4. The Balaban J connectivity index is 1.92. The molecule has 0 spiro atoms. The lowest BCUT2D eigenvalue weighted by Gasteiger charge is -2.13. The number of hydrogen-bond acceptors (Lipinski definition) is 3. The van der Waals surface area contributed by atoms with Crippen molar-refractivity contribution in [1.29, 1.82) is 0 Å². The van der Waals surface area contributed by atoms with E-state index in [2.05, 4.69) is 5.32 Å². The van der Waals surface area contributed by atoms with Crippen LogP contribution in [-0.4, -0.2) is 29.2 Å². The van der Waals surface area contributed by atoms with E-state index in [1.165, 1.54) is 0 Å². The molecule has 0 saturated carbocycles. The van der Waals surface area contributed by atoms with Gasteiger partial charge in [-0.15, -0.1) is 0 Å².